The Hall–Kier alpha value is -2.23. The fraction of sp³-hybridized carbons (Fsp3) is 0.267. The third kappa shape index (κ3) is 3.88. The average Bonchev–Trinajstić information content (AvgIpc) is 2.46. The molecule has 1 aromatic carbocycles. The van der Waals surface area contributed by atoms with Crippen molar-refractivity contribution in [3.8, 4) is 5.75 Å². The maximum absolute atomic E-state index is 5.28. The Morgan fingerprint density at radius 3 is 2.68 bits per heavy atom. The minimum absolute atomic E-state index is 0.607. The molecule has 0 aliphatic carbocycles. The Bertz CT molecular complexity index is 550. The van der Waals surface area contributed by atoms with Crippen LogP contribution >= 0.6 is 0 Å². The fourth-order valence-electron chi connectivity index (χ4n) is 1.67. The highest BCUT2D eigenvalue weighted by atomic mass is 16.5. The van der Waals surface area contributed by atoms with Crippen molar-refractivity contribution in [2.24, 2.45) is 4.99 Å². The molecule has 0 N–H and O–H groups in total. The van der Waals surface area contributed by atoms with E-state index in [1.165, 1.54) is 0 Å². The van der Waals surface area contributed by atoms with Gasteiger partial charge >= 0.3 is 0 Å². The first-order valence-corrected chi connectivity index (χ1v) is 6.17. The predicted molar refractivity (Wildman–Crippen MR) is 75.7 cm³/mol. The van der Waals surface area contributed by atoms with Gasteiger partial charge in [0.25, 0.3) is 0 Å². The van der Waals surface area contributed by atoms with Crippen LogP contribution in [0.2, 0.25) is 0 Å². The van der Waals surface area contributed by atoms with Crippen molar-refractivity contribution in [1.82, 2.24) is 9.97 Å². The normalized spacial score (nSPS) is 10.8. The van der Waals surface area contributed by atoms with Crippen molar-refractivity contribution in [3.05, 3.63) is 53.6 Å². The molecule has 0 radical (unpaired) electrons. The monoisotopic (exact) mass is 255 g/mol. The number of rotatable bonds is 5. The zero-order chi connectivity index (χ0) is 13.5. The molecule has 0 saturated carbocycles. The number of para-hydroxylation sites is 1. The first-order valence-electron chi connectivity index (χ1n) is 6.17. The highest BCUT2D eigenvalue weighted by molar-refractivity contribution is 5.60. The summed E-state index contributed by atoms with van der Waals surface area (Å²) < 4.78 is 5.28. The quantitative estimate of drug-likeness (QED) is 0.771. The van der Waals surface area contributed by atoms with Gasteiger partial charge in [0.1, 0.15) is 11.6 Å². The number of hydrogen-bond donors (Lipinski definition) is 0. The van der Waals surface area contributed by atoms with Crippen molar-refractivity contribution < 1.29 is 4.74 Å². The van der Waals surface area contributed by atoms with E-state index in [-0.39, 0.29) is 0 Å². The van der Waals surface area contributed by atoms with E-state index in [4.69, 9.17) is 4.74 Å². The molecule has 2 rings (SSSR count). The molecule has 0 fully saturated rings. The molecule has 0 spiro atoms. The van der Waals surface area contributed by atoms with Crippen LogP contribution in [0.3, 0.4) is 0 Å². The second kappa shape index (κ2) is 6.64. The number of methoxy groups -OCH3 is 1. The summed E-state index contributed by atoms with van der Waals surface area (Å²) >= 11 is 0. The van der Waals surface area contributed by atoms with Crippen molar-refractivity contribution in [2.45, 2.75) is 19.9 Å². The fourth-order valence-corrected chi connectivity index (χ4v) is 1.67. The summed E-state index contributed by atoms with van der Waals surface area (Å²) in [5.74, 6) is 1.65. The smallest absolute Gasteiger partial charge is 0.133 e. The lowest BCUT2D eigenvalue weighted by molar-refractivity contribution is 0.410. The van der Waals surface area contributed by atoms with Gasteiger partial charge in [-0.05, 0) is 18.6 Å². The van der Waals surface area contributed by atoms with Crippen LogP contribution in [0.1, 0.15) is 17.0 Å². The summed E-state index contributed by atoms with van der Waals surface area (Å²) in [4.78, 5) is 12.8. The molecule has 19 heavy (non-hydrogen) atoms. The number of benzene rings is 1. The molecule has 0 amide bonds. The zero-order valence-corrected chi connectivity index (χ0v) is 11.2. The van der Waals surface area contributed by atoms with E-state index in [1.54, 1.807) is 7.11 Å². The molecule has 98 valence electrons. The average molecular weight is 255 g/mol. The number of aliphatic imine (C=N–C) groups is 1. The molecule has 0 saturated heterocycles. The lowest BCUT2D eigenvalue weighted by atomic mass is 10.2. The lowest BCUT2D eigenvalue weighted by Crippen LogP contribution is -1.96. The highest BCUT2D eigenvalue weighted by Gasteiger charge is 1.99. The summed E-state index contributed by atoms with van der Waals surface area (Å²) in [5.41, 5.74) is 2.14. The van der Waals surface area contributed by atoms with Crippen LogP contribution in [0.4, 0.5) is 0 Å². The lowest BCUT2D eigenvalue weighted by Gasteiger charge is -2.04. The molecule has 0 atom stereocenters. The number of aromatic nitrogens is 2. The topological polar surface area (TPSA) is 47.4 Å². The van der Waals surface area contributed by atoms with E-state index in [1.807, 2.05) is 49.8 Å². The highest BCUT2D eigenvalue weighted by Crippen LogP contribution is 2.17. The first kappa shape index (κ1) is 13.2. The van der Waals surface area contributed by atoms with Gasteiger partial charge in [0, 0.05) is 30.6 Å². The molecular weight excluding hydrogens is 238 g/mol. The van der Waals surface area contributed by atoms with Crippen LogP contribution in [-0.2, 0) is 13.0 Å². The maximum atomic E-state index is 5.28. The Balaban J connectivity index is 1.91. The molecule has 0 unspecified atom stereocenters. The van der Waals surface area contributed by atoms with Gasteiger partial charge < -0.3 is 4.74 Å². The largest absolute Gasteiger partial charge is 0.496 e. The third-order valence-electron chi connectivity index (χ3n) is 2.69. The molecule has 0 bridgehead atoms. The van der Waals surface area contributed by atoms with Crippen LogP contribution < -0.4 is 4.74 Å². The van der Waals surface area contributed by atoms with E-state index in [0.29, 0.717) is 13.0 Å². The van der Waals surface area contributed by atoms with E-state index in [2.05, 4.69) is 15.0 Å². The van der Waals surface area contributed by atoms with Crippen molar-refractivity contribution >= 4 is 6.21 Å². The summed E-state index contributed by atoms with van der Waals surface area (Å²) in [7, 11) is 1.67. The van der Waals surface area contributed by atoms with Crippen LogP contribution in [0.15, 0.2) is 41.7 Å². The minimum atomic E-state index is 0.607. The number of nitrogens with zero attached hydrogens (tertiary/aromatic N) is 3. The summed E-state index contributed by atoms with van der Waals surface area (Å²) in [6.07, 6.45) is 6.12. The SMILES string of the molecule is COc1ccccc1CN=CCc1ncc(C)cn1. The van der Waals surface area contributed by atoms with E-state index in [0.717, 1.165) is 22.7 Å². The molecule has 0 aliphatic heterocycles. The van der Waals surface area contributed by atoms with Gasteiger partial charge in [0.15, 0.2) is 0 Å². The van der Waals surface area contributed by atoms with Gasteiger partial charge in [-0.2, -0.15) is 0 Å². The second-order valence-electron chi connectivity index (χ2n) is 4.22. The molecule has 0 aliphatic rings. The molecule has 2 aromatic rings. The number of ether oxygens (including phenoxy) is 1. The summed E-state index contributed by atoms with van der Waals surface area (Å²) in [6, 6.07) is 7.88. The maximum Gasteiger partial charge on any atom is 0.133 e. The Labute approximate surface area is 113 Å². The van der Waals surface area contributed by atoms with E-state index >= 15 is 0 Å². The van der Waals surface area contributed by atoms with Crippen molar-refractivity contribution in [2.75, 3.05) is 7.11 Å². The van der Waals surface area contributed by atoms with Crippen LogP contribution in [0.25, 0.3) is 0 Å². The van der Waals surface area contributed by atoms with Crippen molar-refractivity contribution in [3.63, 3.8) is 0 Å². The van der Waals surface area contributed by atoms with Gasteiger partial charge in [-0.1, -0.05) is 18.2 Å². The van der Waals surface area contributed by atoms with Gasteiger partial charge in [0.2, 0.25) is 0 Å². The number of hydrogen-bond acceptors (Lipinski definition) is 4. The van der Waals surface area contributed by atoms with Gasteiger partial charge in [-0.3, -0.25) is 4.99 Å². The molecule has 1 heterocycles. The minimum Gasteiger partial charge on any atom is -0.496 e. The number of aryl methyl sites for hydroxylation is 1. The third-order valence-corrected chi connectivity index (χ3v) is 2.69. The molecular formula is C15H17N3O. The van der Waals surface area contributed by atoms with Crippen LogP contribution in [-0.4, -0.2) is 23.3 Å². The Morgan fingerprint density at radius 2 is 1.95 bits per heavy atom. The van der Waals surface area contributed by atoms with E-state index in [9.17, 15) is 0 Å². The Kier molecular flexibility index (Phi) is 4.61. The molecule has 4 nitrogen and oxygen atoms in total. The van der Waals surface area contributed by atoms with E-state index < -0.39 is 0 Å². The van der Waals surface area contributed by atoms with Gasteiger partial charge in [0.05, 0.1) is 13.7 Å². The van der Waals surface area contributed by atoms with Gasteiger partial charge in [-0.15, -0.1) is 0 Å². The predicted octanol–water partition coefficient (Wildman–Crippen LogP) is 2.61. The van der Waals surface area contributed by atoms with Crippen LogP contribution in [0, 0.1) is 6.92 Å². The Morgan fingerprint density at radius 1 is 1.21 bits per heavy atom. The summed E-state index contributed by atoms with van der Waals surface area (Å²) in [6.45, 7) is 2.58. The second-order valence-corrected chi connectivity index (χ2v) is 4.22. The van der Waals surface area contributed by atoms with Gasteiger partial charge in [-0.25, -0.2) is 9.97 Å². The van der Waals surface area contributed by atoms with Crippen LogP contribution in [0.5, 0.6) is 5.75 Å². The summed E-state index contributed by atoms with van der Waals surface area (Å²) in [5, 5.41) is 0. The zero-order valence-electron chi connectivity index (χ0n) is 11.2. The van der Waals surface area contributed by atoms with Crippen molar-refractivity contribution in [1.29, 1.82) is 0 Å². The molecule has 1 aromatic heterocycles. The molecule has 4 heteroatoms. The first-order chi connectivity index (χ1) is 9.29. The standard InChI is InChI=1S/C15H17N3O/c1-12-9-17-15(18-10-12)7-8-16-11-13-5-3-4-6-14(13)19-2/h3-6,8-10H,7,11H2,1-2H3.